The van der Waals surface area contributed by atoms with E-state index in [0.29, 0.717) is 58.3 Å². The van der Waals surface area contributed by atoms with Crippen molar-refractivity contribution < 1.29 is 23.1 Å². The molecule has 1 aliphatic rings. The van der Waals surface area contributed by atoms with Crippen LogP contribution in [0, 0.1) is 18.6 Å². The van der Waals surface area contributed by atoms with E-state index in [0.717, 1.165) is 47.7 Å². The van der Waals surface area contributed by atoms with Gasteiger partial charge in [0.05, 0.1) is 12.0 Å². The third-order valence-corrected chi connectivity index (χ3v) is 8.01. The minimum absolute atomic E-state index is 0.0707. The summed E-state index contributed by atoms with van der Waals surface area (Å²) in [5.74, 6) is -1.43. The van der Waals surface area contributed by atoms with Crippen LogP contribution in [-0.4, -0.2) is 46.0 Å². The molecule has 3 aromatic rings. The Balaban J connectivity index is 1.68. The summed E-state index contributed by atoms with van der Waals surface area (Å²) in [6, 6.07) is 3.24. The van der Waals surface area contributed by atoms with E-state index >= 15 is 0 Å². The quantitative estimate of drug-likeness (QED) is 0.234. The van der Waals surface area contributed by atoms with E-state index < -0.39 is 17.6 Å². The fourth-order valence-corrected chi connectivity index (χ4v) is 6.17. The monoisotopic (exact) mass is 521 g/mol. The van der Waals surface area contributed by atoms with E-state index in [4.69, 9.17) is 4.74 Å². The zero-order valence-corrected chi connectivity index (χ0v) is 21.1. The summed E-state index contributed by atoms with van der Waals surface area (Å²) in [6.45, 7) is 5.12. The number of rotatable bonds is 9. The molecule has 35 heavy (non-hydrogen) atoms. The predicted octanol–water partition coefficient (Wildman–Crippen LogP) is 4.53. The van der Waals surface area contributed by atoms with Gasteiger partial charge in [0.2, 0.25) is 5.91 Å². The van der Waals surface area contributed by atoms with Gasteiger partial charge in [0.25, 0.3) is 5.56 Å². The largest absolute Gasteiger partial charge is 0.462 e. The molecule has 2 aromatic heterocycles. The maximum Gasteiger partial charge on any atom is 0.348 e. The normalized spacial score (nSPS) is 13.7. The highest BCUT2D eigenvalue weighted by Crippen LogP contribution is 2.31. The molecule has 3 heterocycles. The molecule has 11 heteroatoms. The van der Waals surface area contributed by atoms with E-state index in [1.54, 1.807) is 18.7 Å². The van der Waals surface area contributed by atoms with Gasteiger partial charge in [0.15, 0.2) is 5.16 Å². The number of nitrogens with zero attached hydrogens (tertiary/aromatic N) is 3. The number of carbonyl (C=O) groups is 2. The van der Waals surface area contributed by atoms with Crippen molar-refractivity contribution in [3.8, 4) is 0 Å². The van der Waals surface area contributed by atoms with Crippen LogP contribution < -0.4 is 5.56 Å². The first-order chi connectivity index (χ1) is 16.8. The Morgan fingerprint density at radius 3 is 2.77 bits per heavy atom. The Kier molecular flexibility index (Phi) is 7.85. The molecule has 186 valence electrons. The number of hydrogen-bond acceptors (Lipinski definition) is 7. The molecule has 0 bridgehead atoms. The van der Waals surface area contributed by atoms with Crippen molar-refractivity contribution >= 4 is 45.2 Å². The van der Waals surface area contributed by atoms with Crippen molar-refractivity contribution in [2.24, 2.45) is 0 Å². The summed E-state index contributed by atoms with van der Waals surface area (Å²) in [7, 11) is 0. The Labute approximate surface area is 209 Å². The summed E-state index contributed by atoms with van der Waals surface area (Å²) in [5.41, 5.74) is 0.361. The van der Waals surface area contributed by atoms with E-state index in [-0.39, 0.29) is 29.4 Å². The summed E-state index contributed by atoms with van der Waals surface area (Å²) in [5, 5.41) is 0.687. The van der Waals surface area contributed by atoms with E-state index in [1.807, 2.05) is 0 Å². The number of aromatic nitrogens is 2. The number of esters is 1. The molecule has 0 unspecified atom stereocenters. The Morgan fingerprint density at radius 2 is 2.06 bits per heavy atom. The van der Waals surface area contributed by atoms with Crippen molar-refractivity contribution in [3.05, 3.63) is 56.2 Å². The molecule has 1 aliphatic heterocycles. The molecular formula is C24H25F2N3O4S2. The molecule has 4 rings (SSSR count). The van der Waals surface area contributed by atoms with Crippen LogP contribution in [0.4, 0.5) is 8.78 Å². The first-order valence-corrected chi connectivity index (χ1v) is 13.2. The third kappa shape index (κ3) is 5.40. The standard InChI is InChI=1S/C24H25F2N3O4S2/c1-3-33-23(32)20-14(2)19-21(35-20)27-24(34-13-15-12-16(25)7-8-17(15)26)29(22(19)31)11-5-10-28-9-4-6-18(28)30/h7-8,12H,3-6,9-11,13H2,1-2H3. The number of carbonyl (C=O) groups excluding carboxylic acids is 2. The first-order valence-electron chi connectivity index (χ1n) is 11.4. The number of fused-ring (bicyclic) bond motifs is 1. The second kappa shape index (κ2) is 10.9. The van der Waals surface area contributed by atoms with Crippen molar-refractivity contribution in [1.82, 2.24) is 14.5 Å². The van der Waals surface area contributed by atoms with Gasteiger partial charge in [0.1, 0.15) is 21.3 Å². The number of likely N-dealkylation sites (tertiary alicyclic amines) is 1. The van der Waals surface area contributed by atoms with Crippen LogP contribution in [0.3, 0.4) is 0 Å². The summed E-state index contributed by atoms with van der Waals surface area (Å²) >= 11 is 2.21. The van der Waals surface area contributed by atoms with Gasteiger partial charge in [-0.2, -0.15) is 0 Å². The fraction of sp³-hybridized carbons (Fsp3) is 0.417. The topological polar surface area (TPSA) is 81.5 Å². The SMILES string of the molecule is CCOC(=O)c1sc2nc(SCc3cc(F)ccc3F)n(CCCN3CCCC3=O)c(=O)c2c1C. The lowest BCUT2D eigenvalue weighted by Crippen LogP contribution is -2.29. The lowest BCUT2D eigenvalue weighted by molar-refractivity contribution is -0.127. The molecule has 1 fully saturated rings. The van der Waals surface area contributed by atoms with Crippen molar-refractivity contribution in [1.29, 1.82) is 0 Å². The molecule has 0 N–H and O–H groups in total. The Morgan fingerprint density at radius 1 is 1.26 bits per heavy atom. The van der Waals surface area contributed by atoms with Crippen molar-refractivity contribution in [2.75, 3.05) is 19.7 Å². The Bertz CT molecular complexity index is 1340. The lowest BCUT2D eigenvalue weighted by Gasteiger charge is -2.17. The molecule has 0 spiro atoms. The number of amides is 1. The molecule has 7 nitrogen and oxygen atoms in total. The van der Waals surface area contributed by atoms with Gasteiger partial charge in [-0.05, 0) is 50.5 Å². The highest BCUT2D eigenvalue weighted by Gasteiger charge is 2.24. The van der Waals surface area contributed by atoms with Gasteiger partial charge in [-0.25, -0.2) is 18.6 Å². The van der Waals surface area contributed by atoms with E-state index in [2.05, 4.69) is 4.98 Å². The number of aryl methyl sites for hydroxylation is 1. The molecular weight excluding hydrogens is 496 g/mol. The van der Waals surface area contributed by atoms with Crippen LogP contribution in [-0.2, 0) is 21.8 Å². The van der Waals surface area contributed by atoms with Crippen LogP contribution in [0.2, 0.25) is 0 Å². The minimum atomic E-state index is -0.550. The van der Waals surface area contributed by atoms with Crippen LogP contribution in [0.25, 0.3) is 10.2 Å². The van der Waals surface area contributed by atoms with Crippen LogP contribution >= 0.6 is 23.1 Å². The maximum atomic E-state index is 14.2. The summed E-state index contributed by atoms with van der Waals surface area (Å²) < 4.78 is 34.4. The second-order valence-electron chi connectivity index (χ2n) is 8.17. The highest BCUT2D eigenvalue weighted by atomic mass is 32.2. The van der Waals surface area contributed by atoms with Gasteiger partial charge < -0.3 is 9.64 Å². The molecule has 0 atom stereocenters. The fourth-order valence-electron chi connectivity index (χ4n) is 4.05. The van der Waals surface area contributed by atoms with Crippen molar-refractivity contribution in [2.45, 2.75) is 50.6 Å². The zero-order valence-electron chi connectivity index (χ0n) is 19.4. The van der Waals surface area contributed by atoms with Crippen molar-refractivity contribution in [3.63, 3.8) is 0 Å². The van der Waals surface area contributed by atoms with Crippen LogP contribution in [0.1, 0.15) is 47.0 Å². The van der Waals surface area contributed by atoms with Crippen LogP contribution in [0.15, 0.2) is 28.2 Å². The summed E-state index contributed by atoms with van der Waals surface area (Å²) in [6.07, 6.45) is 1.91. The average Bonchev–Trinajstić information content (AvgIpc) is 3.38. The third-order valence-electron chi connectivity index (χ3n) is 5.82. The predicted molar refractivity (Wildman–Crippen MR) is 131 cm³/mol. The van der Waals surface area contributed by atoms with Gasteiger partial charge in [-0.1, -0.05) is 11.8 Å². The lowest BCUT2D eigenvalue weighted by atomic mass is 10.2. The van der Waals surface area contributed by atoms with Gasteiger partial charge in [-0.15, -0.1) is 11.3 Å². The number of ether oxygens (including phenoxy) is 1. The maximum absolute atomic E-state index is 14.2. The molecule has 0 radical (unpaired) electrons. The van der Waals surface area contributed by atoms with E-state index in [1.165, 1.54) is 4.57 Å². The smallest absolute Gasteiger partial charge is 0.348 e. The molecule has 0 aliphatic carbocycles. The molecule has 0 saturated carbocycles. The molecule has 1 saturated heterocycles. The van der Waals surface area contributed by atoms with Gasteiger partial charge in [0, 0.05) is 37.4 Å². The van der Waals surface area contributed by atoms with E-state index in [9.17, 15) is 23.2 Å². The number of thioether (sulfide) groups is 1. The highest BCUT2D eigenvalue weighted by molar-refractivity contribution is 7.98. The number of benzene rings is 1. The van der Waals surface area contributed by atoms with Gasteiger partial charge in [-0.3, -0.25) is 14.2 Å². The zero-order chi connectivity index (χ0) is 25.1. The second-order valence-corrected chi connectivity index (χ2v) is 10.1. The van der Waals surface area contributed by atoms with Crippen LogP contribution in [0.5, 0.6) is 0 Å². The minimum Gasteiger partial charge on any atom is -0.462 e. The van der Waals surface area contributed by atoms with Gasteiger partial charge >= 0.3 is 5.97 Å². The number of thiophene rings is 1. The number of halogens is 2. The molecule has 1 aromatic carbocycles. The first kappa shape index (κ1) is 25.3. The summed E-state index contributed by atoms with van der Waals surface area (Å²) in [4.78, 5) is 45.0. The average molecular weight is 522 g/mol. The number of hydrogen-bond donors (Lipinski definition) is 0. The Hall–Kier alpha value is -2.79. The molecule has 1 amide bonds.